The maximum Gasteiger partial charge on any atom is 0.110 e. The minimum Gasteiger partial charge on any atom is -0.378 e. The van der Waals surface area contributed by atoms with Crippen LogP contribution >= 0.6 is 15.9 Å². The Hall–Kier alpha value is -0.420. The zero-order valence-corrected chi connectivity index (χ0v) is 14.6. The van der Waals surface area contributed by atoms with Crippen molar-refractivity contribution in [1.82, 2.24) is 9.80 Å². The van der Waals surface area contributed by atoms with Gasteiger partial charge in [-0.2, -0.15) is 0 Å². The molecule has 1 saturated heterocycles. The summed E-state index contributed by atoms with van der Waals surface area (Å²) in [5.41, 5.74) is 1.38. The van der Waals surface area contributed by atoms with E-state index in [1.807, 2.05) is 0 Å². The molecule has 4 rings (SSSR count). The fraction of sp³-hybridized carbons (Fsp3) is 0.667. The summed E-state index contributed by atoms with van der Waals surface area (Å²) in [7, 11) is 0. The molecular formula is C18H25BrN2O. The number of nitrogens with zero attached hydrogens (tertiary/aromatic N) is 2. The van der Waals surface area contributed by atoms with Crippen LogP contribution in [0.3, 0.4) is 0 Å². The van der Waals surface area contributed by atoms with Gasteiger partial charge in [0, 0.05) is 42.6 Å². The molecule has 0 bridgehead atoms. The van der Waals surface area contributed by atoms with Crippen molar-refractivity contribution in [3.05, 3.63) is 34.3 Å². The molecule has 0 aromatic heterocycles. The molecule has 0 radical (unpaired) electrons. The average Bonchev–Trinajstić information content (AvgIpc) is 3.27. The second-order valence-corrected chi connectivity index (χ2v) is 8.04. The van der Waals surface area contributed by atoms with Crippen LogP contribution in [-0.4, -0.2) is 53.4 Å². The third-order valence-electron chi connectivity index (χ3n) is 5.83. The van der Waals surface area contributed by atoms with Gasteiger partial charge in [0.1, 0.15) is 6.23 Å². The Labute approximate surface area is 141 Å². The molecule has 3 unspecified atom stereocenters. The zero-order chi connectivity index (χ0) is 15.1. The van der Waals surface area contributed by atoms with Gasteiger partial charge in [0.25, 0.3) is 0 Å². The van der Waals surface area contributed by atoms with Crippen LogP contribution in [0.1, 0.15) is 37.2 Å². The molecule has 1 heterocycles. The van der Waals surface area contributed by atoms with Gasteiger partial charge in [0.15, 0.2) is 0 Å². The van der Waals surface area contributed by atoms with E-state index in [-0.39, 0.29) is 6.23 Å². The van der Waals surface area contributed by atoms with Gasteiger partial charge in [-0.3, -0.25) is 9.80 Å². The Balaban J connectivity index is 1.30. The van der Waals surface area contributed by atoms with Crippen LogP contribution < -0.4 is 0 Å². The number of hydrogen-bond acceptors (Lipinski definition) is 3. The highest BCUT2D eigenvalue weighted by molar-refractivity contribution is 9.10. The van der Waals surface area contributed by atoms with E-state index in [0.29, 0.717) is 11.8 Å². The number of hydrogen-bond donors (Lipinski definition) is 1. The van der Waals surface area contributed by atoms with Crippen molar-refractivity contribution >= 4 is 15.9 Å². The van der Waals surface area contributed by atoms with Crippen molar-refractivity contribution in [2.24, 2.45) is 5.92 Å². The first-order valence-electron chi connectivity index (χ1n) is 8.64. The van der Waals surface area contributed by atoms with Crippen molar-refractivity contribution in [2.75, 3.05) is 26.2 Å². The first-order chi connectivity index (χ1) is 10.7. The summed E-state index contributed by atoms with van der Waals surface area (Å²) in [6.07, 6.45) is 5.06. The lowest BCUT2D eigenvalue weighted by molar-refractivity contribution is -0.0515. The molecule has 3 nitrogen and oxygen atoms in total. The Morgan fingerprint density at radius 3 is 2.32 bits per heavy atom. The molecule has 3 atom stereocenters. The Bertz CT molecular complexity index is 508. The molecule has 0 spiro atoms. The van der Waals surface area contributed by atoms with Crippen LogP contribution in [0.2, 0.25) is 0 Å². The normalized spacial score (nSPS) is 31.7. The molecule has 1 aromatic carbocycles. The number of piperazine rings is 1. The molecule has 2 aliphatic carbocycles. The molecule has 2 saturated carbocycles. The second kappa shape index (κ2) is 6.23. The molecule has 3 fully saturated rings. The van der Waals surface area contributed by atoms with E-state index >= 15 is 0 Å². The topological polar surface area (TPSA) is 26.7 Å². The number of benzene rings is 1. The van der Waals surface area contributed by atoms with Crippen LogP contribution in [0.25, 0.3) is 0 Å². The van der Waals surface area contributed by atoms with Crippen molar-refractivity contribution in [3.8, 4) is 0 Å². The molecular weight excluding hydrogens is 340 g/mol. The summed E-state index contributed by atoms with van der Waals surface area (Å²) in [6, 6.07) is 9.44. The van der Waals surface area contributed by atoms with Gasteiger partial charge < -0.3 is 5.11 Å². The zero-order valence-electron chi connectivity index (χ0n) is 13.0. The van der Waals surface area contributed by atoms with Gasteiger partial charge in [0.05, 0.1) is 0 Å². The van der Waals surface area contributed by atoms with Crippen LogP contribution in [0.4, 0.5) is 0 Å². The number of halogens is 1. The van der Waals surface area contributed by atoms with Gasteiger partial charge in [-0.25, -0.2) is 0 Å². The molecule has 4 heteroatoms. The molecule has 1 aromatic rings. The minimum atomic E-state index is -0.253. The third-order valence-corrected chi connectivity index (χ3v) is 6.36. The third kappa shape index (κ3) is 2.99. The maximum atomic E-state index is 10.7. The quantitative estimate of drug-likeness (QED) is 0.889. The van der Waals surface area contributed by atoms with Crippen molar-refractivity contribution in [3.63, 3.8) is 0 Å². The van der Waals surface area contributed by atoms with Crippen molar-refractivity contribution < 1.29 is 5.11 Å². The van der Waals surface area contributed by atoms with Gasteiger partial charge >= 0.3 is 0 Å². The van der Waals surface area contributed by atoms with Crippen LogP contribution in [0, 0.1) is 5.92 Å². The lowest BCUT2D eigenvalue weighted by atomic mass is 9.91. The fourth-order valence-corrected chi connectivity index (χ4v) is 4.29. The first-order valence-corrected chi connectivity index (χ1v) is 9.43. The highest BCUT2D eigenvalue weighted by Crippen LogP contribution is 2.50. The van der Waals surface area contributed by atoms with Gasteiger partial charge in [0.2, 0.25) is 0 Å². The van der Waals surface area contributed by atoms with Crippen LogP contribution in [-0.2, 0) is 0 Å². The monoisotopic (exact) mass is 364 g/mol. The summed E-state index contributed by atoms with van der Waals surface area (Å²) >= 11 is 3.49. The maximum absolute atomic E-state index is 10.7. The average molecular weight is 365 g/mol. The Kier molecular flexibility index (Phi) is 4.29. The lowest BCUT2D eigenvalue weighted by Crippen LogP contribution is -2.55. The van der Waals surface area contributed by atoms with E-state index in [0.717, 1.165) is 43.1 Å². The molecule has 120 valence electrons. The molecule has 1 aliphatic heterocycles. The Morgan fingerprint density at radius 1 is 1.05 bits per heavy atom. The predicted octanol–water partition coefficient (Wildman–Crippen LogP) is 3.04. The highest BCUT2D eigenvalue weighted by atomic mass is 79.9. The number of aliphatic hydroxyl groups is 1. The smallest absolute Gasteiger partial charge is 0.110 e. The molecule has 3 aliphatic rings. The number of rotatable bonds is 4. The summed E-state index contributed by atoms with van der Waals surface area (Å²) in [5, 5.41) is 10.7. The van der Waals surface area contributed by atoms with Crippen molar-refractivity contribution in [1.29, 1.82) is 0 Å². The number of aliphatic hydroxyl groups excluding tert-OH is 1. The predicted molar refractivity (Wildman–Crippen MR) is 91.8 cm³/mol. The Morgan fingerprint density at radius 2 is 1.73 bits per heavy atom. The van der Waals surface area contributed by atoms with E-state index in [4.69, 9.17) is 0 Å². The highest BCUT2D eigenvalue weighted by Gasteiger charge is 2.46. The summed E-state index contributed by atoms with van der Waals surface area (Å²) in [6.45, 7) is 4.33. The van der Waals surface area contributed by atoms with Gasteiger partial charge in [-0.1, -0.05) is 34.5 Å². The van der Waals surface area contributed by atoms with Gasteiger partial charge in [-0.05, 0) is 42.9 Å². The first kappa shape index (κ1) is 15.1. The summed E-state index contributed by atoms with van der Waals surface area (Å²) in [4.78, 5) is 4.94. The van der Waals surface area contributed by atoms with E-state index in [1.54, 1.807) is 0 Å². The molecule has 0 amide bonds. The summed E-state index contributed by atoms with van der Waals surface area (Å²) < 4.78 is 1.13. The second-order valence-electron chi connectivity index (χ2n) is 7.13. The fourth-order valence-electron chi connectivity index (χ4n) is 4.03. The lowest BCUT2D eigenvalue weighted by Gasteiger charge is -2.44. The minimum absolute atomic E-state index is 0.253. The van der Waals surface area contributed by atoms with E-state index < -0.39 is 0 Å². The largest absolute Gasteiger partial charge is 0.378 e. The standard InChI is InChI=1S/C18H25BrN2O/c19-14-6-4-13(5-7-14)16-12-17(16)18(22)21-10-8-20(9-11-21)15-2-1-3-15/h4-7,15-18,22H,1-3,8-12H2. The molecule has 1 N–H and O–H groups in total. The van der Waals surface area contributed by atoms with Crippen LogP contribution in [0.15, 0.2) is 28.7 Å². The van der Waals surface area contributed by atoms with E-state index in [9.17, 15) is 5.11 Å². The SMILES string of the molecule is OC(C1CC1c1ccc(Br)cc1)N1CCN(C2CCC2)CC1. The van der Waals surface area contributed by atoms with E-state index in [1.165, 1.54) is 24.8 Å². The van der Waals surface area contributed by atoms with Crippen molar-refractivity contribution in [2.45, 2.75) is 43.9 Å². The van der Waals surface area contributed by atoms with Crippen LogP contribution in [0.5, 0.6) is 0 Å². The van der Waals surface area contributed by atoms with Gasteiger partial charge in [-0.15, -0.1) is 0 Å². The molecule has 22 heavy (non-hydrogen) atoms. The summed E-state index contributed by atoms with van der Waals surface area (Å²) in [5.74, 6) is 0.976. The van der Waals surface area contributed by atoms with E-state index in [2.05, 4.69) is 50.0 Å².